The zero-order chi connectivity index (χ0) is 28.4. The van der Waals surface area contributed by atoms with Gasteiger partial charge < -0.3 is 20.7 Å². The van der Waals surface area contributed by atoms with E-state index >= 15 is 0 Å². The lowest BCUT2D eigenvalue weighted by Gasteiger charge is -2.34. The molecule has 1 aliphatic rings. The van der Waals surface area contributed by atoms with Crippen molar-refractivity contribution in [2.75, 3.05) is 30.4 Å². The van der Waals surface area contributed by atoms with E-state index in [1.54, 1.807) is 6.07 Å². The maximum atomic E-state index is 14.8. The second-order valence-electron chi connectivity index (χ2n) is 9.45. The number of methoxy groups -OCH3 is 1. The van der Waals surface area contributed by atoms with Gasteiger partial charge in [-0.05, 0) is 37.1 Å². The fourth-order valence-corrected chi connectivity index (χ4v) is 4.72. The molecule has 0 spiro atoms. The third kappa shape index (κ3) is 6.85. The van der Waals surface area contributed by atoms with E-state index in [4.69, 9.17) is 10.5 Å². The van der Waals surface area contributed by atoms with Crippen LogP contribution in [0.25, 0.3) is 22.4 Å². The van der Waals surface area contributed by atoms with Crippen molar-refractivity contribution >= 4 is 29.7 Å². The van der Waals surface area contributed by atoms with Crippen LogP contribution in [0.15, 0.2) is 55.0 Å². The minimum Gasteiger partial charge on any atom is -0.496 e. The summed E-state index contributed by atoms with van der Waals surface area (Å²) in [4.78, 5) is 10.8. The van der Waals surface area contributed by atoms with Gasteiger partial charge in [-0.1, -0.05) is 6.07 Å². The number of halogens is 6. The van der Waals surface area contributed by atoms with Crippen LogP contribution in [-0.2, 0) is 6.54 Å². The van der Waals surface area contributed by atoms with E-state index in [0.29, 0.717) is 35.7 Å². The molecule has 0 amide bonds. The molecule has 1 saturated heterocycles. The molecule has 0 unspecified atom stereocenters. The summed E-state index contributed by atoms with van der Waals surface area (Å²) in [5, 5.41) is 6.89. The largest absolute Gasteiger partial charge is 0.496 e. The summed E-state index contributed by atoms with van der Waals surface area (Å²) < 4.78 is 74.1. The van der Waals surface area contributed by atoms with E-state index in [-0.39, 0.29) is 41.3 Å². The molecule has 0 bridgehead atoms. The Morgan fingerprint density at radius 1 is 1.10 bits per heavy atom. The monoisotopic (exact) mass is 595 g/mol. The van der Waals surface area contributed by atoms with Crippen molar-refractivity contribution in [3.05, 3.63) is 66.6 Å². The summed E-state index contributed by atoms with van der Waals surface area (Å²) in [5.74, 6) is -0.774. The summed E-state index contributed by atoms with van der Waals surface area (Å²) in [6.45, 7) is 0.0153. The van der Waals surface area contributed by atoms with Crippen LogP contribution in [0.1, 0.15) is 12.8 Å². The molecule has 8 nitrogen and oxygen atoms in total. The van der Waals surface area contributed by atoms with Crippen molar-refractivity contribution in [2.45, 2.75) is 31.6 Å². The van der Waals surface area contributed by atoms with Crippen molar-refractivity contribution in [3.63, 3.8) is 0 Å². The number of hydrogen-bond donors (Lipinski definition) is 2. The molecule has 5 rings (SSSR count). The van der Waals surface area contributed by atoms with Gasteiger partial charge in [0, 0.05) is 54.4 Å². The van der Waals surface area contributed by atoms with Crippen LogP contribution in [0.2, 0.25) is 0 Å². The van der Waals surface area contributed by atoms with Crippen LogP contribution >= 0.6 is 12.4 Å². The Balaban J connectivity index is 0.00000387. The van der Waals surface area contributed by atoms with Gasteiger partial charge in [0.2, 0.25) is 0 Å². The quantitative estimate of drug-likeness (QED) is 0.255. The maximum absolute atomic E-state index is 14.8. The van der Waals surface area contributed by atoms with Crippen LogP contribution in [0.5, 0.6) is 5.75 Å². The molecule has 3 aromatic heterocycles. The number of pyridine rings is 2. The fourth-order valence-electron chi connectivity index (χ4n) is 4.72. The second-order valence-corrected chi connectivity index (χ2v) is 9.45. The lowest BCUT2D eigenvalue weighted by atomic mass is 10.0. The Morgan fingerprint density at radius 2 is 1.90 bits per heavy atom. The molecule has 1 aromatic carbocycles. The Bertz CT molecular complexity index is 1510. The molecule has 1 atom stereocenters. The van der Waals surface area contributed by atoms with Crippen molar-refractivity contribution < 1.29 is 26.7 Å². The van der Waals surface area contributed by atoms with Crippen LogP contribution in [0.4, 0.5) is 39.3 Å². The number of alkyl halides is 3. The Labute approximate surface area is 238 Å². The number of nitrogens with two attached hydrogens (primary N) is 1. The third-order valence-electron chi connectivity index (χ3n) is 6.50. The highest BCUT2D eigenvalue weighted by atomic mass is 35.5. The van der Waals surface area contributed by atoms with E-state index < -0.39 is 24.4 Å². The summed E-state index contributed by atoms with van der Waals surface area (Å²) in [5.41, 5.74) is 7.59. The number of anilines is 3. The lowest BCUT2D eigenvalue weighted by molar-refractivity contribution is -0.142. The first-order valence-corrected chi connectivity index (χ1v) is 12.5. The van der Waals surface area contributed by atoms with Crippen LogP contribution in [0.3, 0.4) is 0 Å². The van der Waals surface area contributed by atoms with Crippen molar-refractivity contribution in [1.82, 2.24) is 19.7 Å². The highest BCUT2D eigenvalue weighted by Gasteiger charge is 2.29. The molecule has 1 aliphatic heterocycles. The number of aromatic nitrogens is 4. The average Bonchev–Trinajstić information content (AvgIpc) is 3.36. The third-order valence-corrected chi connectivity index (χ3v) is 6.50. The molecule has 41 heavy (non-hydrogen) atoms. The zero-order valence-electron chi connectivity index (χ0n) is 21.8. The molecule has 14 heteroatoms. The SMILES string of the molecule is COc1cccc(F)c1-c1nc(Nc2cc(N3CCC[C@H](N)C3)c(-c3cnn(CC(F)(F)F)c3)cn2)ccc1F.Cl. The first-order valence-electron chi connectivity index (χ1n) is 12.5. The molecule has 0 radical (unpaired) electrons. The first-order chi connectivity index (χ1) is 19.1. The summed E-state index contributed by atoms with van der Waals surface area (Å²) >= 11 is 0. The van der Waals surface area contributed by atoms with Gasteiger partial charge >= 0.3 is 6.18 Å². The van der Waals surface area contributed by atoms with Gasteiger partial charge in [0.05, 0.1) is 18.9 Å². The van der Waals surface area contributed by atoms with Crippen molar-refractivity contribution in [3.8, 4) is 28.1 Å². The molecule has 1 fully saturated rings. The standard InChI is InChI=1S/C27H26F5N7O.ClH/c1-40-22-6-2-5-19(28)25(22)26-20(29)7-8-23(37-26)36-24-10-21(38-9-3-4-17(33)14-38)18(12-34-24)16-11-35-39(13-16)15-27(30,31)32;/h2,5-8,10-13,17H,3-4,9,14-15,33H2,1H3,(H,34,36,37);1H/t17-;/m0./s1. The highest BCUT2D eigenvalue weighted by Crippen LogP contribution is 2.36. The van der Waals surface area contributed by atoms with Crippen LogP contribution in [-0.4, -0.2) is 52.2 Å². The van der Waals surface area contributed by atoms with Gasteiger partial charge in [-0.3, -0.25) is 4.68 Å². The Kier molecular flexibility index (Phi) is 8.98. The normalized spacial score (nSPS) is 15.4. The van der Waals surface area contributed by atoms with Gasteiger partial charge in [0.1, 0.15) is 41.3 Å². The number of nitrogens with one attached hydrogen (secondary N) is 1. The number of rotatable bonds is 7. The van der Waals surface area contributed by atoms with Crippen LogP contribution < -0.4 is 20.7 Å². The smallest absolute Gasteiger partial charge is 0.408 e. The Hall–Kier alpha value is -3.97. The molecule has 0 aliphatic carbocycles. The predicted octanol–water partition coefficient (Wildman–Crippen LogP) is 5.95. The lowest BCUT2D eigenvalue weighted by Crippen LogP contribution is -2.43. The summed E-state index contributed by atoms with van der Waals surface area (Å²) in [6.07, 6.45) is 1.49. The highest BCUT2D eigenvalue weighted by molar-refractivity contribution is 5.85. The molecule has 0 saturated carbocycles. The van der Waals surface area contributed by atoms with Crippen molar-refractivity contribution in [1.29, 1.82) is 0 Å². The minimum atomic E-state index is -4.41. The molecule has 4 aromatic rings. The predicted molar refractivity (Wildman–Crippen MR) is 148 cm³/mol. The number of benzene rings is 1. The van der Waals surface area contributed by atoms with Crippen LogP contribution in [0, 0.1) is 11.6 Å². The van der Waals surface area contributed by atoms with Gasteiger partial charge in [-0.2, -0.15) is 18.3 Å². The molecular weight excluding hydrogens is 569 g/mol. The van der Waals surface area contributed by atoms with E-state index in [0.717, 1.165) is 23.6 Å². The summed E-state index contributed by atoms with van der Waals surface area (Å²) in [6, 6.07) is 8.34. The second kappa shape index (κ2) is 12.3. The van der Waals surface area contributed by atoms with Crippen molar-refractivity contribution in [2.24, 2.45) is 5.73 Å². The van der Waals surface area contributed by atoms with E-state index in [2.05, 4.69) is 20.4 Å². The number of ether oxygens (including phenoxy) is 1. The molecule has 4 heterocycles. The van der Waals surface area contributed by atoms with E-state index in [1.807, 2.05) is 4.90 Å². The molecular formula is C27H27ClF5N7O. The van der Waals surface area contributed by atoms with Gasteiger partial charge in [0.25, 0.3) is 0 Å². The number of nitrogens with zero attached hydrogens (tertiary/aromatic N) is 5. The van der Waals surface area contributed by atoms with Gasteiger partial charge in [0.15, 0.2) is 0 Å². The average molecular weight is 596 g/mol. The minimum absolute atomic E-state index is 0. The van der Waals surface area contributed by atoms with E-state index in [9.17, 15) is 22.0 Å². The molecule has 218 valence electrons. The Morgan fingerprint density at radius 3 is 2.63 bits per heavy atom. The maximum Gasteiger partial charge on any atom is 0.408 e. The first kappa shape index (κ1) is 30.0. The van der Waals surface area contributed by atoms with Gasteiger partial charge in [-0.15, -0.1) is 12.4 Å². The zero-order valence-corrected chi connectivity index (χ0v) is 22.6. The topological polar surface area (TPSA) is 94.1 Å². The number of piperidine rings is 1. The van der Waals surface area contributed by atoms with E-state index in [1.165, 1.54) is 50.0 Å². The number of hydrogen-bond acceptors (Lipinski definition) is 7. The fraction of sp³-hybridized carbons (Fsp3) is 0.296. The summed E-state index contributed by atoms with van der Waals surface area (Å²) in [7, 11) is 1.35. The van der Waals surface area contributed by atoms with Gasteiger partial charge in [-0.25, -0.2) is 18.7 Å². The molecule has 3 N–H and O–H groups in total.